The summed E-state index contributed by atoms with van der Waals surface area (Å²) in [7, 11) is 0. The lowest BCUT2D eigenvalue weighted by Gasteiger charge is -2.21. The Bertz CT molecular complexity index is 435. The van der Waals surface area contributed by atoms with E-state index in [0.717, 1.165) is 63.1 Å². The minimum absolute atomic E-state index is 0.0799. The first-order chi connectivity index (χ1) is 12.0. The summed E-state index contributed by atoms with van der Waals surface area (Å²) in [5, 5.41) is 8.95. The highest BCUT2D eigenvalue weighted by Gasteiger charge is 2.19. The van der Waals surface area contributed by atoms with Crippen LogP contribution < -0.4 is 0 Å². The van der Waals surface area contributed by atoms with Crippen LogP contribution in [0.15, 0.2) is 4.99 Å². The third kappa shape index (κ3) is 10.4. The molecule has 0 spiro atoms. The molecule has 0 aromatic carbocycles. The fraction of sp³-hybridized carbons (Fsp3) is 0.833. The number of unbranched alkanes of at least 4 members (excludes halogenated alkanes) is 1. The highest BCUT2D eigenvalue weighted by molar-refractivity contribution is 8.14. The van der Waals surface area contributed by atoms with Crippen molar-refractivity contribution in [3.8, 4) is 0 Å². The van der Waals surface area contributed by atoms with Crippen molar-refractivity contribution in [3.05, 3.63) is 0 Å². The molecule has 1 aliphatic rings. The zero-order valence-corrected chi connectivity index (χ0v) is 16.2. The van der Waals surface area contributed by atoms with E-state index in [1.54, 1.807) is 0 Å². The van der Waals surface area contributed by atoms with Gasteiger partial charge in [0.2, 0.25) is 0 Å². The van der Waals surface area contributed by atoms with Crippen molar-refractivity contribution in [2.75, 3.05) is 12.4 Å². The second-order valence-corrected chi connectivity index (χ2v) is 7.36. The van der Waals surface area contributed by atoms with Crippen LogP contribution in [0, 0.1) is 5.92 Å². The van der Waals surface area contributed by atoms with Crippen LogP contribution >= 0.6 is 11.8 Å². The average molecular weight is 374 g/mol. The van der Waals surface area contributed by atoms with E-state index in [2.05, 4.69) is 18.8 Å². The quantitative estimate of drug-likeness (QED) is 0.459. The Morgan fingerprint density at radius 1 is 1.24 bits per heavy atom. The number of aliphatic imine (C=N–C) groups is 1. The summed E-state index contributed by atoms with van der Waals surface area (Å²) in [5.74, 6) is -0.786. The molecule has 0 aliphatic heterocycles. The van der Waals surface area contributed by atoms with E-state index in [0.29, 0.717) is 12.5 Å². The molecule has 0 aromatic rings. The van der Waals surface area contributed by atoms with Crippen LogP contribution in [-0.2, 0) is 14.3 Å². The highest BCUT2D eigenvalue weighted by Crippen LogP contribution is 2.21. The zero-order valence-electron chi connectivity index (χ0n) is 15.4. The van der Waals surface area contributed by atoms with Gasteiger partial charge >= 0.3 is 12.1 Å². The van der Waals surface area contributed by atoms with Gasteiger partial charge < -0.3 is 14.6 Å². The van der Waals surface area contributed by atoms with Crippen LogP contribution in [-0.4, -0.2) is 40.9 Å². The molecule has 25 heavy (non-hydrogen) atoms. The number of rotatable bonds is 9. The van der Waals surface area contributed by atoms with Gasteiger partial charge in [0, 0.05) is 0 Å². The molecule has 6 nitrogen and oxygen atoms in total. The lowest BCUT2D eigenvalue weighted by atomic mass is 9.98. The summed E-state index contributed by atoms with van der Waals surface area (Å²) in [5.41, 5.74) is 0. The van der Waals surface area contributed by atoms with Crippen molar-refractivity contribution in [2.45, 2.75) is 77.7 Å². The van der Waals surface area contributed by atoms with Crippen molar-refractivity contribution in [2.24, 2.45) is 10.9 Å². The Kier molecular flexibility index (Phi) is 11.4. The van der Waals surface area contributed by atoms with Crippen LogP contribution in [0.4, 0.5) is 4.79 Å². The van der Waals surface area contributed by atoms with Crippen LogP contribution in [0.3, 0.4) is 0 Å². The second-order valence-electron chi connectivity index (χ2n) is 6.43. The molecule has 0 saturated heterocycles. The van der Waals surface area contributed by atoms with Crippen molar-refractivity contribution in [3.63, 3.8) is 0 Å². The molecular weight excluding hydrogens is 342 g/mol. The molecule has 0 bridgehead atoms. The third-order valence-electron chi connectivity index (χ3n) is 4.31. The van der Waals surface area contributed by atoms with E-state index in [-0.39, 0.29) is 17.1 Å². The predicted octanol–water partition coefficient (Wildman–Crippen LogP) is 4.86. The summed E-state index contributed by atoms with van der Waals surface area (Å²) in [6.07, 6.45) is 8.56. The second kappa shape index (κ2) is 13.0. The summed E-state index contributed by atoms with van der Waals surface area (Å²) < 4.78 is 11.0. The molecule has 1 N–H and O–H groups in total. The van der Waals surface area contributed by atoms with E-state index in [4.69, 9.17) is 14.6 Å². The van der Waals surface area contributed by atoms with Gasteiger partial charge in [-0.3, -0.25) is 4.79 Å². The molecule has 0 radical (unpaired) electrons. The molecule has 1 aliphatic carbocycles. The van der Waals surface area contributed by atoms with Crippen LogP contribution in [0.2, 0.25) is 0 Å². The van der Waals surface area contributed by atoms with Crippen LogP contribution in [0.1, 0.15) is 71.6 Å². The number of amides is 1. The fourth-order valence-electron chi connectivity index (χ4n) is 2.74. The normalized spacial score (nSPS) is 17.1. The molecule has 144 valence electrons. The van der Waals surface area contributed by atoms with Crippen LogP contribution in [0.5, 0.6) is 0 Å². The third-order valence-corrected chi connectivity index (χ3v) is 5.15. The van der Waals surface area contributed by atoms with Gasteiger partial charge in [-0.1, -0.05) is 51.3 Å². The lowest BCUT2D eigenvalue weighted by Crippen LogP contribution is -2.20. The molecule has 1 saturated carbocycles. The Hall–Kier alpha value is -1.24. The monoisotopic (exact) mass is 373 g/mol. The van der Waals surface area contributed by atoms with Crippen LogP contribution in [0.25, 0.3) is 0 Å². The summed E-state index contributed by atoms with van der Waals surface area (Å²) in [6, 6.07) is 0. The molecule has 1 fully saturated rings. The molecular formula is C18H31NO5S. The van der Waals surface area contributed by atoms with Gasteiger partial charge in [-0.2, -0.15) is 0 Å². The van der Waals surface area contributed by atoms with E-state index in [1.807, 2.05) is 0 Å². The van der Waals surface area contributed by atoms with Gasteiger partial charge in [-0.05, 0) is 38.0 Å². The maximum atomic E-state index is 12.0. The van der Waals surface area contributed by atoms with E-state index < -0.39 is 12.1 Å². The first kappa shape index (κ1) is 21.8. The number of nitrogens with zero attached hydrogens (tertiary/aromatic N) is 1. The average Bonchev–Trinajstić information content (AvgIpc) is 2.60. The molecule has 1 atom stereocenters. The molecule has 1 amide bonds. The van der Waals surface area contributed by atoms with Gasteiger partial charge in [0.25, 0.3) is 5.23 Å². The van der Waals surface area contributed by atoms with E-state index >= 15 is 0 Å². The minimum atomic E-state index is -0.972. The maximum absolute atomic E-state index is 12.0. The smallest absolute Gasteiger partial charge is 0.437 e. The first-order valence-corrected chi connectivity index (χ1v) is 10.3. The standard InChI is InChI=1S/C18H31NO5S/c1-3-5-9-14(4-2)12-23-18(25-13-16(20)21)19-17(22)24-15-10-7-6-8-11-15/h14-15H,3-13H2,1-2H3,(H,20,21)/b19-18-. The lowest BCUT2D eigenvalue weighted by molar-refractivity contribution is -0.133. The fourth-order valence-corrected chi connectivity index (χ4v) is 3.28. The van der Waals surface area contributed by atoms with Crippen molar-refractivity contribution >= 4 is 29.1 Å². The number of hydrogen-bond donors (Lipinski definition) is 1. The largest absolute Gasteiger partial charge is 0.481 e. The number of thioether (sulfide) groups is 1. The van der Waals surface area contributed by atoms with Gasteiger partial charge in [0.15, 0.2) is 0 Å². The maximum Gasteiger partial charge on any atom is 0.437 e. The SMILES string of the molecule is CCCCC(CC)CO/C(=N/C(=O)OC1CCCCC1)SCC(=O)O. The molecule has 0 heterocycles. The number of hydrogen-bond acceptors (Lipinski definition) is 5. The highest BCUT2D eigenvalue weighted by atomic mass is 32.2. The van der Waals surface area contributed by atoms with Gasteiger partial charge in [-0.25, -0.2) is 4.79 Å². The van der Waals surface area contributed by atoms with Crippen molar-refractivity contribution < 1.29 is 24.2 Å². The summed E-state index contributed by atoms with van der Waals surface area (Å²) >= 11 is 0.924. The van der Waals surface area contributed by atoms with Crippen molar-refractivity contribution in [1.29, 1.82) is 0 Å². The Morgan fingerprint density at radius 2 is 1.96 bits per heavy atom. The minimum Gasteiger partial charge on any atom is -0.481 e. The Balaban J connectivity index is 2.56. The number of aliphatic carboxylic acids is 1. The van der Waals surface area contributed by atoms with Gasteiger partial charge in [-0.15, -0.1) is 4.99 Å². The number of carbonyl (C=O) groups is 2. The number of carboxylic acids is 1. The van der Waals surface area contributed by atoms with E-state index in [9.17, 15) is 9.59 Å². The van der Waals surface area contributed by atoms with E-state index in [1.165, 1.54) is 6.42 Å². The number of carboxylic acid groups (broad SMARTS) is 1. The topological polar surface area (TPSA) is 85.2 Å². The molecule has 1 unspecified atom stereocenters. The van der Waals surface area contributed by atoms with Gasteiger partial charge in [0.05, 0.1) is 6.61 Å². The number of carbonyl (C=O) groups excluding carboxylic acids is 1. The number of ether oxygens (including phenoxy) is 2. The summed E-state index contributed by atoms with van der Waals surface area (Å²) in [4.78, 5) is 26.7. The molecule has 1 rings (SSSR count). The van der Waals surface area contributed by atoms with Gasteiger partial charge in [0.1, 0.15) is 11.9 Å². The molecule has 0 aromatic heterocycles. The van der Waals surface area contributed by atoms with Crippen molar-refractivity contribution in [1.82, 2.24) is 0 Å². The Morgan fingerprint density at radius 3 is 2.56 bits per heavy atom. The zero-order chi connectivity index (χ0) is 18.5. The Labute approximate surface area is 154 Å². The summed E-state index contributed by atoms with van der Waals surface area (Å²) in [6.45, 7) is 4.69. The molecule has 7 heteroatoms. The first-order valence-electron chi connectivity index (χ1n) is 9.31. The predicted molar refractivity (Wildman–Crippen MR) is 100 cm³/mol.